The third-order valence-corrected chi connectivity index (χ3v) is 2.52. The Labute approximate surface area is 107 Å². The van der Waals surface area contributed by atoms with Gasteiger partial charge in [-0.25, -0.2) is 4.39 Å². The van der Waals surface area contributed by atoms with Crippen LogP contribution in [-0.2, 0) is 6.42 Å². The monoisotopic (exact) mass is 260 g/mol. The van der Waals surface area contributed by atoms with Crippen molar-refractivity contribution in [1.29, 1.82) is 0 Å². The molecule has 0 radical (unpaired) electrons. The average molecular weight is 260 g/mol. The van der Waals surface area contributed by atoms with E-state index in [9.17, 15) is 19.3 Å². The molecule has 0 N–H and O–H groups in total. The molecule has 1 heterocycles. The second kappa shape index (κ2) is 5.34. The first kappa shape index (κ1) is 12.8. The zero-order chi connectivity index (χ0) is 13.8. The van der Waals surface area contributed by atoms with Crippen LogP contribution in [0.25, 0.3) is 0 Å². The average Bonchev–Trinajstić information content (AvgIpc) is 2.39. The zero-order valence-electron chi connectivity index (χ0n) is 9.75. The molecule has 0 spiro atoms. The quantitative estimate of drug-likeness (QED) is 0.481. The van der Waals surface area contributed by atoms with Crippen molar-refractivity contribution in [3.05, 3.63) is 69.8 Å². The second-order valence-electron chi connectivity index (χ2n) is 3.84. The number of benzene rings is 1. The molecule has 19 heavy (non-hydrogen) atoms. The highest BCUT2D eigenvalue weighted by molar-refractivity contribution is 6.00. The third kappa shape index (κ3) is 2.98. The van der Waals surface area contributed by atoms with E-state index in [1.54, 1.807) is 18.2 Å². The Bertz CT molecular complexity index is 629. The molecule has 0 saturated carbocycles. The maximum atomic E-state index is 13.1. The molecule has 1 aromatic heterocycles. The van der Waals surface area contributed by atoms with Crippen molar-refractivity contribution >= 4 is 11.5 Å². The van der Waals surface area contributed by atoms with Gasteiger partial charge in [-0.05, 0) is 24.3 Å². The van der Waals surface area contributed by atoms with E-state index in [0.717, 1.165) is 18.2 Å². The number of pyridine rings is 1. The molecule has 0 amide bonds. The van der Waals surface area contributed by atoms with E-state index in [1.165, 1.54) is 6.20 Å². The van der Waals surface area contributed by atoms with Gasteiger partial charge in [-0.2, -0.15) is 0 Å². The minimum atomic E-state index is -0.703. The maximum Gasteiger partial charge on any atom is 0.280 e. The van der Waals surface area contributed by atoms with Crippen molar-refractivity contribution in [3.63, 3.8) is 0 Å². The van der Waals surface area contributed by atoms with Gasteiger partial charge in [0.2, 0.25) is 0 Å². The van der Waals surface area contributed by atoms with E-state index in [0.29, 0.717) is 5.69 Å². The topological polar surface area (TPSA) is 73.1 Å². The van der Waals surface area contributed by atoms with Gasteiger partial charge in [-0.3, -0.25) is 19.9 Å². The van der Waals surface area contributed by atoms with Crippen LogP contribution < -0.4 is 0 Å². The predicted molar refractivity (Wildman–Crippen MR) is 65.3 cm³/mol. The fourth-order valence-electron chi connectivity index (χ4n) is 1.65. The second-order valence-corrected chi connectivity index (χ2v) is 3.84. The van der Waals surface area contributed by atoms with E-state index in [-0.39, 0.29) is 12.0 Å². The number of nitro benzene ring substituents is 1. The highest BCUT2D eigenvalue weighted by Gasteiger charge is 2.21. The van der Waals surface area contributed by atoms with E-state index in [1.807, 2.05) is 0 Å². The molecule has 0 aliphatic rings. The molecule has 6 heteroatoms. The first-order valence-corrected chi connectivity index (χ1v) is 5.45. The number of Topliss-reactive ketones (excluding diaryl/α,β-unsaturated/α-hetero) is 1. The van der Waals surface area contributed by atoms with Gasteiger partial charge in [-0.15, -0.1) is 0 Å². The number of nitrogens with zero attached hydrogens (tertiary/aromatic N) is 2. The summed E-state index contributed by atoms with van der Waals surface area (Å²) in [6.07, 6.45) is 1.41. The van der Waals surface area contributed by atoms with E-state index < -0.39 is 22.2 Å². The van der Waals surface area contributed by atoms with Crippen molar-refractivity contribution in [2.75, 3.05) is 0 Å². The Kier molecular flexibility index (Phi) is 3.61. The predicted octanol–water partition coefficient (Wildman–Crippen LogP) is 2.55. The highest BCUT2D eigenvalue weighted by Crippen LogP contribution is 2.21. The molecule has 0 aliphatic heterocycles. The van der Waals surface area contributed by atoms with Crippen LogP contribution in [-0.4, -0.2) is 15.7 Å². The molecule has 0 fully saturated rings. The number of hydrogen-bond acceptors (Lipinski definition) is 4. The minimum absolute atomic E-state index is 0.106. The first-order valence-electron chi connectivity index (χ1n) is 5.45. The van der Waals surface area contributed by atoms with Crippen LogP contribution in [0.3, 0.4) is 0 Å². The standard InChI is InChI=1S/C13H9FN2O3/c14-9-4-5-12(16(18)19)11(7-9)13(17)8-10-3-1-2-6-15-10/h1-7H,8H2. The van der Waals surface area contributed by atoms with Crippen molar-refractivity contribution in [2.24, 2.45) is 0 Å². The lowest BCUT2D eigenvalue weighted by Crippen LogP contribution is -2.08. The number of rotatable bonds is 4. The normalized spacial score (nSPS) is 10.2. The van der Waals surface area contributed by atoms with Crippen LogP contribution in [0.2, 0.25) is 0 Å². The molecule has 1 aromatic carbocycles. The van der Waals surface area contributed by atoms with Gasteiger partial charge in [0.25, 0.3) is 5.69 Å². The van der Waals surface area contributed by atoms with Gasteiger partial charge in [-0.1, -0.05) is 6.07 Å². The fourth-order valence-corrected chi connectivity index (χ4v) is 1.65. The van der Waals surface area contributed by atoms with Crippen molar-refractivity contribution in [3.8, 4) is 0 Å². The lowest BCUT2D eigenvalue weighted by Gasteiger charge is -2.02. The number of aromatic nitrogens is 1. The summed E-state index contributed by atoms with van der Waals surface area (Å²) in [5, 5.41) is 10.8. The fraction of sp³-hybridized carbons (Fsp3) is 0.0769. The van der Waals surface area contributed by atoms with Crippen molar-refractivity contribution in [1.82, 2.24) is 4.98 Å². The summed E-state index contributed by atoms with van der Waals surface area (Å²) < 4.78 is 13.1. The largest absolute Gasteiger partial charge is 0.293 e. The van der Waals surface area contributed by atoms with Gasteiger partial charge < -0.3 is 0 Å². The van der Waals surface area contributed by atoms with E-state index in [4.69, 9.17) is 0 Å². The van der Waals surface area contributed by atoms with Gasteiger partial charge in [0.1, 0.15) is 5.82 Å². The molecule has 0 bridgehead atoms. The Morgan fingerprint density at radius 1 is 1.32 bits per heavy atom. The van der Waals surface area contributed by atoms with Crippen LogP contribution in [0.4, 0.5) is 10.1 Å². The Morgan fingerprint density at radius 2 is 2.11 bits per heavy atom. The van der Waals surface area contributed by atoms with Crippen LogP contribution >= 0.6 is 0 Å². The van der Waals surface area contributed by atoms with Crippen molar-refractivity contribution in [2.45, 2.75) is 6.42 Å². The summed E-state index contributed by atoms with van der Waals surface area (Å²) >= 11 is 0. The van der Waals surface area contributed by atoms with Gasteiger partial charge in [0.15, 0.2) is 5.78 Å². The van der Waals surface area contributed by atoms with Gasteiger partial charge in [0, 0.05) is 18.0 Å². The summed E-state index contributed by atoms with van der Waals surface area (Å²) in [4.78, 5) is 26.0. The van der Waals surface area contributed by atoms with E-state index >= 15 is 0 Å². The lowest BCUT2D eigenvalue weighted by molar-refractivity contribution is -0.385. The van der Waals surface area contributed by atoms with Crippen LogP contribution in [0.15, 0.2) is 42.6 Å². The Hall–Kier alpha value is -2.63. The number of carbonyl (C=O) groups is 1. The zero-order valence-corrected chi connectivity index (χ0v) is 9.75. The molecule has 0 saturated heterocycles. The molecular weight excluding hydrogens is 251 g/mol. The van der Waals surface area contributed by atoms with Crippen LogP contribution in [0, 0.1) is 15.9 Å². The van der Waals surface area contributed by atoms with Crippen LogP contribution in [0.1, 0.15) is 16.1 Å². The summed E-state index contributed by atoms with van der Waals surface area (Å²) in [6.45, 7) is 0. The first-order chi connectivity index (χ1) is 9.08. The number of nitro groups is 1. The molecule has 5 nitrogen and oxygen atoms in total. The minimum Gasteiger partial charge on any atom is -0.293 e. The molecule has 0 unspecified atom stereocenters. The smallest absolute Gasteiger partial charge is 0.280 e. The number of halogens is 1. The molecule has 2 aromatic rings. The number of carbonyl (C=O) groups excluding carboxylic acids is 1. The summed E-state index contributed by atoms with van der Waals surface area (Å²) in [7, 11) is 0. The number of hydrogen-bond donors (Lipinski definition) is 0. The molecular formula is C13H9FN2O3. The summed E-state index contributed by atoms with van der Waals surface area (Å²) in [5.74, 6) is -1.22. The van der Waals surface area contributed by atoms with Crippen LogP contribution in [0.5, 0.6) is 0 Å². The van der Waals surface area contributed by atoms with Crippen molar-refractivity contribution < 1.29 is 14.1 Å². The molecule has 2 rings (SSSR count). The summed E-state index contributed by atoms with van der Waals surface area (Å²) in [5.41, 5.74) is -0.163. The van der Waals surface area contributed by atoms with E-state index in [2.05, 4.69) is 4.98 Å². The number of ketones is 1. The Morgan fingerprint density at radius 3 is 2.74 bits per heavy atom. The SMILES string of the molecule is O=C(Cc1ccccn1)c1cc(F)ccc1[N+](=O)[O-]. The molecule has 0 aliphatic carbocycles. The Balaban J connectivity index is 2.33. The highest BCUT2D eigenvalue weighted by atomic mass is 19.1. The summed E-state index contributed by atoms with van der Waals surface area (Å²) in [6, 6.07) is 7.84. The lowest BCUT2D eigenvalue weighted by atomic mass is 10.0. The maximum absolute atomic E-state index is 13.1. The third-order valence-electron chi connectivity index (χ3n) is 2.52. The molecule has 0 atom stereocenters. The molecule has 96 valence electrons. The van der Waals surface area contributed by atoms with Gasteiger partial charge in [0.05, 0.1) is 16.9 Å². The van der Waals surface area contributed by atoms with Gasteiger partial charge >= 0.3 is 0 Å².